The number of hydrogen-bond acceptors (Lipinski definition) is 2. The standard InChI is InChI=1S/C12H12F6N2S/c1-20(5-4-11(13,14)15)7-2-3-8(10(19)21)9(6-7)12(16,17)18/h2-3,6H,4-5H2,1H3,(H2,19,21). The van der Waals surface area contributed by atoms with Crippen molar-refractivity contribution in [3.05, 3.63) is 29.3 Å². The van der Waals surface area contributed by atoms with Crippen molar-refractivity contribution >= 4 is 22.9 Å². The van der Waals surface area contributed by atoms with Crippen LogP contribution in [0.2, 0.25) is 0 Å². The van der Waals surface area contributed by atoms with Crippen molar-refractivity contribution in [1.29, 1.82) is 0 Å². The molecule has 0 radical (unpaired) electrons. The summed E-state index contributed by atoms with van der Waals surface area (Å²) in [6, 6.07) is 3.05. The van der Waals surface area contributed by atoms with Crippen LogP contribution in [0.5, 0.6) is 0 Å². The quantitative estimate of drug-likeness (QED) is 0.674. The first kappa shape index (κ1) is 17.5. The van der Waals surface area contributed by atoms with E-state index in [4.69, 9.17) is 5.73 Å². The Morgan fingerprint density at radius 2 is 1.76 bits per heavy atom. The highest BCUT2D eigenvalue weighted by atomic mass is 32.1. The van der Waals surface area contributed by atoms with Crippen LogP contribution in [0.1, 0.15) is 17.5 Å². The van der Waals surface area contributed by atoms with Gasteiger partial charge in [0.25, 0.3) is 0 Å². The lowest BCUT2D eigenvalue weighted by Crippen LogP contribution is -2.25. The molecule has 1 aromatic rings. The number of nitrogens with zero attached hydrogens (tertiary/aromatic N) is 1. The number of hydrogen-bond donors (Lipinski definition) is 1. The number of anilines is 1. The largest absolute Gasteiger partial charge is 0.417 e. The van der Waals surface area contributed by atoms with Crippen LogP contribution in [0, 0.1) is 0 Å². The van der Waals surface area contributed by atoms with Crippen LogP contribution < -0.4 is 10.6 Å². The number of nitrogens with two attached hydrogens (primary N) is 1. The van der Waals surface area contributed by atoms with Crippen molar-refractivity contribution < 1.29 is 26.3 Å². The molecule has 0 aliphatic rings. The van der Waals surface area contributed by atoms with Crippen molar-refractivity contribution in [2.24, 2.45) is 5.73 Å². The van der Waals surface area contributed by atoms with Crippen LogP contribution in [0.4, 0.5) is 32.0 Å². The summed E-state index contributed by atoms with van der Waals surface area (Å²) in [5.74, 6) is 0. The molecule has 0 unspecified atom stereocenters. The maximum Gasteiger partial charge on any atom is 0.417 e. The van der Waals surface area contributed by atoms with Crippen LogP contribution >= 0.6 is 12.2 Å². The number of alkyl halides is 6. The Morgan fingerprint density at radius 1 is 1.19 bits per heavy atom. The van der Waals surface area contributed by atoms with E-state index < -0.39 is 35.9 Å². The highest BCUT2D eigenvalue weighted by Gasteiger charge is 2.35. The molecule has 0 fully saturated rings. The Kier molecular flexibility index (Phi) is 5.08. The molecular formula is C12H12F6N2S. The van der Waals surface area contributed by atoms with Gasteiger partial charge in [0.2, 0.25) is 0 Å². The summed E-state index contributed by atoms with van der Waals surface area (Å²) in [5.41, 5.74) is 3.81. The predicted molar refractivity (Wildman–Crippen MR) is 71.3 cm³/mol. The average molecular weight is 330 g/mol. The molecule has 0 atom stereocenters. The van der Waals surface area contributed by atoms with E-state index in [-0.39, 0.29) is 11.3 Å². The van der Waals surface area contributed by atoms with Crippen molar-refractivity contribution in [3.8, 4) is 0 Å². The fourth-order valence-electron chi connectivity index (χ4n) is 1.64. The lowest BCUT2D eigenvalue weighted by atomic mass is 10.1. The Bertz CT molecular complexity index is 523. The minimum atomic E-state index is -4.69. The minimum Gasteiger partial charge on any atom is -0.389 e. The first-order valence-electron chi connectivity index (χ1n) is 5.71. The van der Waals surface area contributed by atoms with Gasteiger partial charge in [0.05, 0.1) is 12.0 Å². The molecule has 118 valence electrons. The SMILES string of the molecule is CN(CCC(F)(F)F)c1ccc(C(N)=S)c(C(F)(F)F)c1. The Hall–Kier alpha value is -1.51. The summed E-state index contributed by atoms with van der Waals surface area (Å²) >= 11 is 4.54. The second-order valence-corrected chi connectivity index (χ2v) is 4.82. The Labute approximate surface area is 122 Å². The maximum absolute atomic E-state index is 12.9. The zero-order valence-electron chi connectivity index (χ0n) is 10.8. The highest BCUT2D eigenvalue weighted by molar-refractivity contribution is 7.80. The van der Waals surface area contributed by atoms with Crippen molar-refractivity contribution in [2.45, 2.75) is 18.8 Å². The summed E-state index contributed by atoms with van der Waals surface area (Å²) in [4.78, 5) is 0.665. The molecule has 1 rings (SSSR count). The molecule has 21 heavy (non-hydrogen) atoms. The molecule has 0 saturated heterocycles. The second-order valence-electron chi connectivity index (χ2n) is 4.38. The van der Waals surface area contributed by atoms with Crippen molar-refractivity contribution in [2.75, 3.05) is 18.5 Å². The molecule has 0 heterocycles. The summed E-state index contributed by atoms with van der Waals surface area (Å²) in [5, 5.41) is 0. The third-order valence-corrected chi connectivity index (χ3v) is 2.97. The predicted octanol–water partition coefficient (Wildman–Crippen LogP) is 3.73. The average Bonchev–Trinajstić information content (AvgIpc) is 2.33. The second kappa shape index (κ2) is 6.08. The summed E-state index contributed by atoms with van der Waals surface area (Å²) in [6.07, 6.45) is -10.2. The number of halogens is 6. The smallest absolute Gasteiger partial charge is 0.389 e. The van der Waals surface area contributed by atoms with E-state index in [1.54, 1.807) is 0 Å². The molecule has 2 N–H and O–H groups in total. The van der Waals surface area contributed by atoms with Gasteiger partial charge in [0.15, 0.2) is 0 Å². The van der Waals surface area contributed by atoms with Crippen LogP contribution in [-0.2, 0) is 6.18 Å². The summed E-state index contributed by atoms with van der Waals surface area (Å²) in [6.45, 7) is -0.451. The zero-order chi connectivity index (χ0) is 16.4. The van der Waals surface area contributed by atoms with Gasteiger partial charge in [-0.25, -0.2) is 0 Å². The number of rotatable bonds is 4. The normalized spacial score (nSPS) is 12.3. The molecule has 0 saturated carbocycles. The zero-order valence-corrected chi connectivity index (χ0v) is 11.7. The van der Waals surface area contributed by atoms with Crippen LogP contribution in [-0.4, -0.2) is 24.8 Å². The molecule has 0 bridgehead atoms. The molecule has 0 aliphatic carbocycles. The van der Waals surface area contributed by atoms with E-state index in [9.17, 15) is 26.3 Å². The molecule has 0 amide bonds. The van der Waals surface area contributed by atoms with Gasteiger partial charge < -0.3 is 10.6 Å². The first-order valence-corrected chi connectivity index (χ1v) is 6.11. The van der Waals surface area contributed by atoms with E-state index in [2.05, 4.69) is 12.2 Å². The van der Waals surface area contributed by atoms with Gasteiger partial charge in [-0.3, -0.25) is 0 Å². The monoisotopic (exact) mass is 330 g/mol. The third-order valence-electron chi connectivity index (χ3n) is 2.75. The van der Waals surface area contributed by atoms with Gasteiger partial charge >= 0.3 is 12.4 Å². The van der Waals surface area contributed by atoms with Crippen LogP contribution in [0.25, 0.3) is 0 Å². The van der Waals surface area contributed by atoms with Crippen LogP contribution in [0.3, 0.4) is 0 Å². The molecule has 0 aliphatic heterocycles. The third kappa shape index (κ3) is 5.07. The van der Waals surface area contributed by atoms with E-state index in [1.165, 1.54) is 13.1 Å². The molecule has 0 aromatic heterocycles. The van der Waals surface area contributed by atoms with E-state index >= 15 is 0 Å². The van der Waals surface area contributed by atoms with Gasteiger partial charge in [-0.2, -0.15) is 26.3 Å². The Morgan fingerprint density at radius 3 is 2.19 bits per heavy atom. The molecule has 9 heteroatoms. The minimum absolute atomic E-state index is 0.00609. The topological polar surface area (TPSA) is 29.3 Å². The first-order chi connectivity index (χ1) is 9.42. The number of benzene rings is 1. The number of thiocarbonyl (C=S) groups is 1. The van der Waals surface area contributed by atoms with Crippen LogP contribution in [0.15, 0.2) is 18.2 Å². The van der Waals surface area contributed by atoms with Gasteiger partial charge in [0.1, 0.15) is 4.99 Å². The van der Waals surface area contributed by atoms with Gasteiger partial charge in [-0.1, -0.05) is 12.2 Å². The maximum atomic E-state index is 12.9. The molecule has 2 nitrogen and oxygen atoms in total. The lowest BCUT2D eigenvalue weighted by Gasteiger charge is -2.22. The van der Waals surface area contributed by atoms with E-state index in [1.807, 2.05) is 0 Å². The molecule has 1 aromatic carbocycles. The lowest BCUT2D eigenvalue weighted by molar-refractivity contribution is -0.137. The molecule has 0 spiro atoms. The van der Waals surface area contributed by atoms with E-state index in [0.29, 0.717) is 0 Å². The van der Waals surface area contributed by atoms with Gasteiger partial charge in [-0.05, 0) is 18.2 Å². The summed E-state index contributed by atoms with van der Waals surface area (Å²) in [7, 11) is 1.28. The van der Waals surface area contributed by atoms with E-state index in [0.717, 1.165) is 17.0 Å². The highest BCUT2D eigenvalue weighted by Crippen LogP contribution is 2.34. The fourth-order valence-corrected chi connectivity index (χ4v) is 1.82. The fraction of sp³-hybridized carbons (Fsp3) is 0.417. The Balaban J connectivity index is 3.08. The van der Waals surface area contributed by atoms with Gasteiger partial charge in [-0.15, -0.1) is 0 Å². The van der Waals surface area contributed by atoms with Gasteiger partial charge in [0, 0.05) is 24.8 Å². The van der Waals surface area contributed by atoms with Crippen molar-refractivity contribution in [1.82, 2.24) is 0 Å². The summed E-state index contributed by atoms with van der Waals surface area (Å²) < 4.78 is 75.1. The molecular weight excluding hydrogens is 318 g/mol. The van der Waals surface area contributed by atoms with Crippen molar-refractivity contribution in [3.63, 3.8) is 0 Å².